The summed E-state index contributed by atoms with van der Waals surface area (Å²) in [5.41, 5.74) is 4.13. The fraction of sp³-hybridized carbons (Fsp3) is 0. The second-order valence-corrected chi connectivity index (χ2v) is 5.56. The van der Waals surface area contributed by atoms with Crippen LogP contribution < -0.4 is 0 Å². The molecule has 106 valence electrons. The van der Waals surface area contributed by atoms with E-state index >= 15 is 0 Å². The van der Waals surface area contributed by atoms with Crippen molar-refractivity contribution in [1.82, 2.24) is 9.78 Å². The second-order valence-electron chi connectivity index (χ2n) is 5.12. The van der Waals surface area contributed by atoms with E-state index in [9.17, 15) is 0 Å². The molecule has 2 nitrogen and oxygen atoms in total. The minimum atomic E-state index is 0.724. The zero-order valence-corrected chi connectivity index (χ0v) is 12.5. The molecule has 0 aliphatic rings. The predicted molar refractivity (Wildman–Crippen MR) is 91.5 cm³/mol. The van der Waals surface area contributed by atoms with Gasteiger partial charge in [0.25, 0.3) is 0 Å². The normalized spacial score (nSPS) is 11.0. The van der Waals surface area contributed by atoms with Gasteiger partial charge in [0.1, 0.15) is 0 Å². The molecule has 0 amide bonds. The van der Waals surface area contributed by atoms with Crippen LogP contribution >= 0.6 is 11.6 Å². The molecule has 0 saturated carbocycles. The van der Waals surface area contributed by atoms with Gasteiger partial charge in [-0.1, -0.05) is 60.1 Å². The Labute approximate surface area is 133 Å². The van der Waals surface area contributed by atoms with E-state index < -0.39 is 0 Å². The van der Waals surface area contributed by atoms with E-state index in [0.717, 1.165) is 32.9 Å². The molecule has 3 heteroatoms. The van der Waals surface area contributed by atoms with Crippen molar-refractivity contribution in [3.05, 3.63) is 83.9 Å². The molecule has 4 aromatic rings. The molecule has 0 radical (unpaired) electrons. The lowest BCUT2D eigenvalue weighted by atomic mass is 10.1. The number of rotatable bonds is 2. The standard InChI is InChI=1S/C19H13ClN2/c20-15-8-6-7-14(13-15)19-17-11-4-5-12-18(17)21-22(19)16-9-2-1-3-10-16/h1-13H. The van der Waals surface area contributed by atoms with Gasteiger partial charge in [-0.2, -0.15) is 5.10 Å². The molecule has 0 aliphatic carbocycles. The van der Waals surface area contributed by atoms with Gasteiger partial charge in [-0.05, 0) is 30.3 Å². The van der Waals surface area contributed by atoms with E-state index in [0.29, 0.717) is 0 Å². The zero-order valence-electron chi connectivity index (χ0n) is 11.8. The van der Waals surface area contributed by atoms with Crippen molar-refractivity contribution in [2.24, 2.45) is 0 Å². The maximum absolute atomic E-state index is 6.18. The average molecular weight is 305 g/mol. The van der Waals surface area contributed by atoms with E-state index in [1.807, 2.05) is 59.3 Å². The summed E-state index contributed by atoms with van der Waals surface area (Å²) < 4.78 is 1.98. The summed E-state index contributed by atoms with van der Waals surface area (Å²) in [6.07, 6.45) is 0. The maximum atomic E-state index is 6.18. The van der Waals surface area contributed by atoms with Gasteiger partial charge in [0.2, 0.25) is 0 Å². The van der Waals surface area contributed by atoms with E-state index in [-0.39, 0.29) is 0 Å². The van der Waals surface area contributed by atoms with Gasteiger partial charge in [0.05, 0.1) is 16.9 Å². The maximum Gasteiger partial charge on any atom is 0.0934 e. The van der Waals surface area contributed by atoms with Crippen LogP contribution in [0.3, 0.4) is 0 Å². The minimum Gasteiger partial charge on any atom is -0.232 e. The Balaban J connectivity index is 2.07. The predicted octanol–water partition coefficient (Wildman–Crippen LogP) is 5.35. The summed E-state index contributed by atoms with van der Waals surface area (Å²) in [6, 6.07) is 26.2. The molecular weight excluding hydrogens is 292 g/mol. The van der Waals surface area contributed by atoms with Crippen LogP contribution in [0.4, 0.5) is 0 Å². The number of aromatic nitrogens is 2. The second kappa shape index (κ2) is 5.32. The third-order valence-corrected chi connectivity index (χ3v) is 3.91. The van der Waals surface area contributed by atoms with Gasteiger partial charge in [-0.25, -0.2) is 4.68 Å². The van der Waals surface area contributed by atoms with Crippen molar-refractivity contribution >= 4 is 22.5 Å². The molecule has 1 heterocycles. The van der Waals surface area contributed by atoms with E-state index in [1.54, 1.807) is 0 Å². The number of hydrogen-bond donors (Lipinski definition) is 0. The highest BCUT2D eigenvalue weighted by atomic mass is 35.5. The molecule has 0 unspecified atom stereocenters. The SMILES string of the molecule is Clc1cccc(-c2c3ccccc3nn2-c2ccccc2)c1. The monoisotopic (exact) mass is 304 g/mol. The Morgan fingerprint density at radius 3 is 2.36 bits per heavy atom. The lowest BCUT2D eigenvalue weighted by Gasteiger charge is -2.08. The molecular formula is C19H13ClN2. The highest BCUT2D eigenvalue weighted by Gasteiger charge is 2.14. The third kappa shape index (κ3) is 2.18. The number of hydrogen-bond acceptors (Lipinski definition) is 1. The van der Waals surface area contributed by atoms with E-state index in [4.69, 9.17) is 16.7 Å². The fourth-order valence-electron chi connectivity index (χ4n) is 2.70. The minimum absolute atomic E-state index is 0.724. The van der Waals surface area contributed by atoms with Crippen molar-refractivity contribution in [3.63, 3.8) is 0 Å². The van der Waals surface area contributed by atoms with Crippen LogP contribution in [-0.4, -0.2) is 9.78 Å². The summed E-state index contributed by atoms with van der Waals surface area (Å²) in [6.45, 7) is 0. The van der Waals surface area contributed by atoms with Crippen LogP contribution in [-0.2, 0) is 0 Å². The average Bonchev–Trinajstić information content (AvgIpc) is 2.95. The number of fused-ring (bicyclic) bond motifs is 1. The van der Waals surface area contributed by atoms with Crippen LogP contribution in [0.2, 0.25) is 5.02 Å². The summed E-state index contributed by atoms with van der Waals surface area (Å²) in [5.74, 6) is 0. The summed E-state index contributed by atoms with van der Waals surface area (Å²) in [4.78, 5) is 0. The summed E-state index contributed by atoms with van der Waals surface area (Å²) in [5, 5.41) is 6.61. The smallest absolute Gasteiger partial charge is 0.0934 e. The third-order valence-electron chi connectivity index (χ3n) is 3.68. The van der Waals surface area contributed by atoms with E-state index in [1.165, 1.54) is 0 Å². The zero-order chi connectivity index (χ0) is 14.9. The van der Waals surface area contributed by atoms with Crippen LogP contribution in [0, 0.1) is 0 Å². The van der Waals surface area contributed by atoms with Gasteiger partial charge in [0, 0.05) is 16.0 Å². The van der Waals surface area contributed by atoms with Crippen molar-refractivity contribution < 1.29 is 0 Å². The highest BCUT2D eigenvalue weighted by molar-refractivity contribution is 6.30. The first-order valence-electron chi connectivity index (χ1n) is 7.12. The molecule has 3 aromatic carbocycles. The molecule has 4 rings (SSSR count). The van der Waals surface area contributed by atoms with Gasteiger partial charge < -0.3 is 0 Å². The molecule has 0 aliphatic heterocycles. The van der Waals surface area contributed by atoms with Gasteiger partial charge in [-0.15, -0.1) is 0 Å². The molecule has 0 fully saturated rings. The van der Waals surface area contributed by atoms with Crippen molar-refractivity contribution in [1.29, 1.82) is 0 Å². The molecule has 0 atom stereocenters. The molecule has 0 bridgehead atoms. The first kappa shape index (κ1) is 13.1. The molecule has 1 aromatic heterocycles. The topological polar surface area (TPSA) is 17.8 Å². The Bertz CT molecular complexity index is 942. The Morgan fingerprint density at radius 1 is 0.773 bits per heavy atom. The van der Waals surface area contributed by atoms with Gasteiger partial charge in [0.15, 0.2) is 0 Å². The molecule has 22 heavy (non-hydrogen) atoms. The quantitative estimate of drug-likeness (QED) is 0.488. The first-order chi connectivity index (χ1) is 10.8. The molecule has 0 spiro atoms. The van der Waals surface area contributed by atoms with Gasteiger partial charge >= 0.3 is 0 Å². The number of nitrogens with zero attached hydrogens (tertiary/aromatic N) is 2. The lowest BCUT2D eigenvalue weighted by Crippen LogP contribution is -1.98. The van der Waals surface area contributed by atoms with Crippen LogP contribution in [0.15, 0.2) is 78.9 Å². The fourth-order valence-corrected chi connectivity index (χ4v) is 2.89. The van der Waals surface area contributed by atoms with Crippen molar-refractivity contribution in [2.45, 2.75) is 0 Å². The Hall–Kier alpha value is -2.58. The number of halogens is 1. The van der Waals surface area contributed by atoms with Crippen molar-refractivity contribution in [2.75, 3.05) is 0 Å². The van der Waals surface area contributed by atoms with Crippen LogP contribution in [0.25, 0.3) is 27.8 Å². The number of para-hydroxylation sites is 1. The van der Waals surface area contributed by atoms with Crippen molar-refractivity contribution in [3.8, 4) is 16.9 Å². The van der Waals surface area contributed by atoms with E-state index in [2.05, 4.69) is 24.3 Å². The van der Waals surface area contributed by atoms with Gasteiger partial charge in [-0.3, -0.25) is 0 Å². The molecule has 0 saturated heterocycles. The lowest BCUT2D eigenvalue weighted by molar-refractivity contribution is 0.904. The van der Waals surface area contributed by atoms with Crippen LogP contribution in [0.5, 0.6) is 0 Å². The Morgan fingerprint density at radius 2 is 1.55 bits per heavy atom. The Kier molecular flexibility index (Phi) is 3.17. The van der Waals surface area contributed by atoms with Crippen LogP contribution in [0.1, 0.15) is 0 Å². The first-order valence-corrected chi connectivity index (χ1v) is 7.50. The number of benzene rings is 3. The summed E-state index contributed by atoms with van der Waals surface area (Å²) in [7, 11) is 0. The highest BCUT2D eigenvalue weighted by Crippen LogP contribution is 2.32. The molecule has 0 N–H and O–H groups in total. The summed E-state index contributed by atoms with van der Waals surface area (Å²) >= 11 is 6.18. The largest absolute Gasteiger partial charge is 0.232 e.